The minimum atomic E-state index is 0.142. The maximum Gasteiger partial charge on any atom is 0.161 e. The van der Waals surface area contributed by atoms with E-state index in [2.05, 4.69) is 12.2 Å². The van der Waals surface area contributed by atoms with Crippen LogP contribution in [0, 0.1) is 0 Å². The first-order valence-corrected chi connectivity index (χ1v) is 8.26. The van der Waals surface area contributed by atoms with Crippen molar-refractivity contribution < 1.29 is 19.7 Å². The monoisotopic (exact) mass is 338 g/mol. The first-order chi connectivity index (χ1) is 12.1. The molecule has 1 aliphatic rings. The molecular formula is C21H22O4. The zero-order valence-corrected chi connectivity index (χ0v) is 14.5. The number of rotatable bonds is 4. The number of aromatic hydroxyl groups is 2. The first kappa shape index (κ1) is 17.0. The van der Waals surface area contributed by atoms with E-state index in [4.69, 9.17) is 9.47 Å². The van der Waals surface area contributed by atoms with Crippen LogP contribution in [0.4, 0.5) is 0 Å². The second kappa shape index (κ2) is 7.34. The molecule has 0 radical (unpaired) electrons. The lowest BCUT2D eigenvalue weighted by Crippen LogP contribution is -1.87. The quantitative estimate of drug-likeness (QED) is 0.843. The summed E-state index contributed by atoms with van der Waals surface area (Å²) in [4.78, 5) is 0. The van der Waals surface area contributed by atoms with Crippen LogP contribution in [0.3, 0.4) is 0 Å². The van der Waals surface area contributed by atoms with Gasteiger partial charge in [-0.15, -0.1) is 0 Å². The van der Waals surface area contributed by atoms with Gasteiger partial charge in [0.05, 0.1) is 14.2 Å². The van der Waals surface area contributed by atoms with E-state index in [1.165, 1.54) is 11.1 Å². The largest absolute Gasteiger partial charge is 0.504 e. The van der Waals surface area contributed by atoms with Crippen LogP contribution in [0.1, 0.15) is 30.4 Å². The van der Waals surface area contributed by atoms with Crippen molar-refractivity contribution in [1.82, 2.24) is 0 Å². The van der Waals surface area contributed by atoms with E-state index in [1.54, 1.807) is 26.4 Å². The number of benzene rings is 2. The Morgan fingerprint density at radius 3 is 1.60 bits per heavy atom. The molecule has 0 heterocycles. The number of allylic oxidation sites excluding steroid dienone is 2. The second-order valence-electron chi connectivity index (χ2n) is 6.06. The molecule has 0 aliphatic heterocycles. The van der Waals surface area contributed by atoms with Crippen molar-refractivity contribution >= 4 is 12.2 Å². The van der Waals surface area contributed by atoms with Crippen molar-refractivity contribution in [2.24, 2.45) is 0 Å². The molecule has 1 saturated carbocycles. The molecule has 130 valence electrons. The van der Waals surface area contributed by atoms with Gasteiger partial charge in [-0.25, -0.2) is 0 Å². The third-order valence-electron chi connectivity index (χ3n) is 4.39. The van der Waals surface area contributed by atoms with Gasteiger partial charge in [-0.05, 0) is 65.8 Å². The molecule has 0 spiro atoms. The van der Waals surface area contributed by atoms with Gasteiger partial charge in [0.1, 0.15) is 0 Å². The average Bonchev–Trinajstić information content (AvgIpc) is 3.05. The zero-order valence-electron chi connectivity index (χ0n) is 14.5. The Morgan fingerprint density at radius 1 is 0.760 bits per heavy atom. The zero-order chi connectivity index (χ0) is 17.8. The first-order valence-electron chi connectivity index (χ1n) is 8.26. The molecule has 0 bridgehead atoms. The molecule has 3 rings (SSSR count). The number of hydrogen-bond donors (Lipinski definition) is 2. The summed E-state index contributed by atoms with van der Waals surface area (Å²) in [5.41, 5.74) is 4.56. The Balaban J connectivity index is 1.92. The third-order valence-corrected chi connectivity index (χ3v) is 4.39. The fourth-order valence-electron chi connectivity index (χ4n) is 3.09. The molecule has 1 aliphatic carbocycles. The Labute approximate surface area is 147 Å². The number of ether oxygens (including phenoxy) is 2. The van der Waals surface area contributed by atoms with E-state index in [-0.39, 0.29) is 11.5 Å². The van der Waals surface area contributed by atoms with E-state index < -0.39 is 0 Å². The average molecular weight is 338 g/mol. The van der Waals surface area contributed by atoms with Crippen LogP contribution in [0.15, 0.2) is 47.5 Å². The number of phenolic OH excluding ortho intramolecular Hbond substituents is 2. The Morgan fingerprint density at radius 2 is 1.20 bits per heavy atom. The fourth-order valence-corrected chi connectivity index (χ4v) is 3.09. The Hall–Kier alpha value is -2.88. The highest BCUT2D eigenvalue weighted by Gasteiger charge is 2.14. The normalized spacial score (nSPS) is 17.2. The van der Waals surface area contributed by atoms with Gasteiger partial charge in [0, 0.05) is 0 Å². The summed E-state index contributed by atoms with van der Waals surface area (Å²) in [7, 11) is 3.09. The highest BCUT2D eigenvalue weighted by Crippen LogP contribution is 2.36. The summed E-state index contributed by atoms with van der Waals surface area (Å²) in [6, 6.07) is 10.7. The topological polar surface area (TPSA) is 58.9 Å². The molecule has 4 heteroatoms. The summed E-state index contributed by atoms with van der Waals surface area (Å²) in [6.45, 7) is 0. The molecule has 0 saturated heterocycles. The predicted molar refractivity (Wildman–Crippen MR) is 99.1 cm³/mol. The summed E-state index contributed by atoms with van der Waals surface area (Å²) >= 11 is 0. The number of methoxy groups -OCH3 is 2. The van der Waals surface area contributed by atoms with Crippen LogP contribution in [-0.2, 0) is 0 Å². The van der Waals surface area contributed by atoms with Crippen LogP contribution >= 0.6 is 0 Å². The molecule has 0 unspecified atom stereocenters. The minimum absolute atomic E-state index is 0.142. The van der Waals surface area contributed by atoms with Crippen molar-refractivity contribution in [3.63, 3.8) is 0 Å². The van der Waals surface area contributed by atoms with Crippen molar-refractivity contribution in [2.45, 2.75) is 19.3 Å². The smallest absolute Gasteiger partial charge is 0.161 e. The maximum atomic E-state index is 9.73. The second-order valence-corrected chi connectivity index (χ2v) is 6.06. The number of hydrogen-bond acceptors (Lipinski definition) is 4. The van der Waals surface area contributed by atoms with Crippen LogP contribution < -0.4 is 9.47 Å². The predicted octanol–water partition coefficient (Wildman–Crippen LogP) is 4.77. The van der Waals surface area contributed by atoms with Gasteiger partial charge in [0.25, 0.3) is 0 Å². The van der Waals surface area contributed by atoms with Gasteiger partial charge in [0.15, 0.2) is 23.0 Å². The third kappa shape index (κ3) is 3.79. The molecule has 25 heavy (non-hydrogen) atoms. The molecule has 2 aromatic carbocycles. The minimum Gasteiger partial charge on any atom is -0.504 e. The molecule has 0 amide bonds. The molecule has 0 atom stereocenters. The molecule has 4 nitrogen and oxygen atoms in total. The fraction of sp³-hybridized carbons (Fsp3) is 0.238. The van der Waals surface area contributed by atoms with Crippen molar-refractivity contribution in [3.05, 3.63) is 58.7 Å². The Kier molecular flexibility index (Phi) is 4.98. The van der Waals surface area contributed by atoms with Crippen LogP contribution in [-0.4, -0.2) is 24.4 Å². The van der Waals surface area contributed by atoms with Crippen molar-refractivity contribution in [1.29, 1.82) is 0 Å². The van der Waals surface area contributed by atoms with Crippen molar-refractivity contribution in [3.8, 4) is 23.0 Å². The van der Waals surface area contributed by atoms with E-state index in [0.717, 1.165) is 30.4 Å². The summed E-state index contributed by atoms with van der Waals surface area (Å²) < 4.78 is 10.4. The number of phenols is 2. The SMILES string of the molecule is COc1cc(C=C2CCCC2=Cc2ccc(O)c(OC)c2)ccc1O. The highest BCUT2D eigenvalue weighted by molar-refractivity contribution is 5.69. The molecule has 2 aromatic rings. The molecule has 2 N–H and O–H groups in total. The van der Waals surface area contributed by atoms with Crippen LogP contribution in [0.25, 0.3) is 12.2 Å². The lowest BCUT2D eigenvalue weighted by atomic mass is 10.0. The van der Waals surface area contributed by atoms with E-state index >= 15 is 0 Å². The molecule has 1 fully saturated rings. The molecular weight excluding hydrogens is 316 g/mol. The van der Waals surface area contributed by atoms with Gasteiger partial charge in [-0.2, -0.15) is 0 Å². The van der Waals surface area contributed by atoms with E-state index in [1.807, 2.05) is 24.3 Å². The van der Waals surface area contributed by atoms with Gasteiger partial charge in [0.2, 0.25) is 0 Å². The van der Waals surface area contributed by atoms with E-state index in [0.29, 0.717) is 11.5 Å². The summed E-state index contributed by atoms with van der Waals surface area (Å²) in [5, 5.41) is 19.5. The van der Waals surface area contributed by atoms with Gasteiger partial charge in [-0.3, -0.25) is 0 Å². The van der Waals surface area contributed by atoms with Gasteiger partial charge < -0.3 is 19.7 Å². The maximum absolute atomic E-state index is 9.73. The van der Waals surface area contributed by atoms with Gasteiger partial charge >= 0.3 is 0 Å². The molecule has 0 aromatic heterocycles. The summed E-state index contributed by atoms with van der Waals surface area (Å²) in [5.74, 6) is 1.23. The van der Waals surface area contributed by atoms with Crippen LogP contribution in [0.2, 0.25) is 0 Å². The standard InChI is InChI=1S/C21H22O4/c1-24-20-12-14(6-8-18(20)22)10-16-4-3-5-17(16)11-15-7-9-19(23)21(13-15)25-2/h6-13,22-23H,3-5H2,1-2H3. The highest BCUT2D eigenvalue weighted by atomic mass is 16.5. The van der Waals surface area contributed by atoms with Crippen molar-refractivity contribution in [2.75, 3.05) is 14.2 Å². The van der Waals surface area contributed by atoms with Crippen LogP contribution in [0.5, 0.6) is 23.0 Å². The van der Waals surface area contributed by atoms with E-state index in [9.17, 15) is 10.2 Å². The Bertz CT molecular complexity index is 764. The summed E-state index contributed by atoms with van der Waals surface area (Å²) in [6.07, 6.45) is 7.42. The lowest BCUT2D eigenvalue weighted by molar-refractivity contribution is 0.373. The lowest BCUT2D eigenvalue weighted by Gasteiger charge is -2.07. The van der Waals surface area contributed by atoms with Gasteiger partial charge in [-0.1, -0.05) is 24.3 Å².